The summed E-state index contributed by atoms with van der Waals surface area (Å²) in [5, 5.41) is 7.94. The number of nitrogens with zero attached hydrogens (tertiary/aromatic N) is 5. The molecule has 0 amide bonds. The molecule has 0 aliphatic rings. The maximum atomic E-state index is 4.28. The number of hydrogen-bond donors (Lipinski definition) is 0. The maximum absolute atomic E-state index is 4.28. The van der Waals surface area contributed by atoms with E-state index in [0.717, 1.165) is 17.2 Å². The van der Waals surface area contributed by atoms with Gasteiger partial charge in [0.1, 0.15) is 12.0 Å². The predicted octanol–water partition coefficient (Wildman–Crippen LogP) is 1.62. The third-order valence-electron chi connectivity index (χ3n) is 2.14. The van der Waals surface area contributed by atoms with Crippen LogP contribution in [0.2, 0.25) is 0 Å². The van der Waals surface area contributed by atoms with Crippen molar-refractivity contribution in [3.05, 3.63) is 24.4 Å². The van der Waals surface area contributed by atoms with Gasteiger partial charge < -0.3 is 4.57 Å². The van der Waals surface area contributed by atoms with Crippen LogP contribution in [0, 0.1) is 6.92 Å². The zero-order valence-corrected chi connectivity index (χ0v) is 9.05. The van der Waals surface area contributed by atoms with Gasteiger partial charge in [0.25, 0.3) is 0 Å². The summed E-state index contributed by atoms with van der Waals surface area (Å²) < 4.78 is 1.97. The first-order chi connectivity index (χ1) is 7.18. The smallest absolute Gasteiger partial charge is 0.184 e. The largest absolute Gasteiger partial charge is 0.310 e. The van der Waals surface area contributed by atoms with Crippen LogP contribution in [-0.4, -0.2) is 24.7 Å². The average molecular weight is 203 g/mol. The molecule has 5 heteroatoms. The second-order valence-electron chi connectivity index (χ2n) is 3.70. The Labute approximate surface area is 88.2 Å². The Kier molecular flexibility index (Phi) is 2.45. The Bertz CT molecular complexity index is 443. The van der Waals surface area contributed by atoms with E-state index in [9.17, 15) is 0 Å². The molecule has 0 unspecified atom stereocenters. The van der Waals surface area contributed by atoms with Gasteiger partial charge in [-0.2, -0.15) is 0 Å². The molecule has 0 aliphatic carbocycles. The third kappa shape index (κ3) is 1.86. The molecule has 2 aromatic rings. The highest BCUT2D eigenvalue weighted by molar-refractivity contribution is 5.47. The Hall–Kier alpha value is -1.78. The van der Waals surface area contributed by atoms with Gasteiger partial charge in [-0.15, -0.1) is 10.2 Å². The van der Waals surface area contributed by atoms with Crippen molar-refractivity contribution in [1.29, 1.82) is 0 Å². The SMILES string of the molecule is Cc1cnc(-c2nncn2C(C)C)cn1. The molecule has 0 atom stereocenters. The molecule has 78 valence electrons. The standard InChI is InChI=1S/C10H13N5/c1-7(2)15-6-13-14-10(15)9-5-11-8(3)4-12-9/h4-7H,1-3H3. The van der Waals surface area contributed by atoms with Crippen LogP contribution < -0.4 is 0 Å². The molecule has 2 heterocycles. The van der Waals surface area contributed by atoms with Gasteiger partial charge in [-0.1, -0.05) is 0 Å². The zero-order valence-electron chi connectivity index (χ0n) is 9.05. The Morgan fingerprint density at radius 2 is 2.00 bits per heavy atom. The number of rotatable bonds is 2. The lowest BCUT2D eigenvalue weighted by molar-refractivity contribution is 0.603. The highest BCUT2D eigenvalue weighted by Gasteiger charge is 2.10. The topological polar surface area (TPSA) is 56.5 Å². The fourth-order valence-electron chi connectivity index (χ4n) is 1.31. The number of hydrogen-bond acceptors (Lipinski definition) is 4. The fraction of sp³-hybridized carbons (Fsp3) is 0.400. The monoisotopic (exact) mass is 203 g/mol. The minimum absolute atomic E-state index is 0.318. The molecule has 15 heavy (non-hydrogen) atoms. The van der Waals surface area contributed by atoms with Gasteiger partial charge in [0.05, 0.1) is 11.9 Å². The van der Waals surface area contributed by atoms with E-state index in [-0.39, 0.29) is 0 Å². The Balaban J connectivity index is 2.45. The van der Waals surface area contributed by atoms with Gasteiger partial charge in [-0.3, -0.25) is 4.98 Å². The summed E-state index contributed by atoms with van der Waals surface area (Å²) in [5.41, 5.74) is 1.65. The fourth-order valence-corrected chi connectivity index (χ4v) is 1.31. The summed E-state index contributed by atoms with van der Waals surface area (Å²) in [6, 6.07) is 0.318. The number of aryl methyl sites for hydroxylation is 1. The Morgan fingerprint density at radius 3 is 2.60 bits per heavy atom. The maximum Gasteiger partial charge on any atom is 0.184 e. The molecule has 0 saturated carbocycles. The van der Waals surface area contributed by atoms with Gasteiger partial charge >= 0.3 is 0 Å². The molecule has 0 aliphatic heterocycles. The lowest BCUT2D eigenvalue weighted by Gasteiger charge is -2.08. The van der Waals surface area contributed by atoms with E-state index < -0.39 is 0 Å². The summed E-state index contributed by atoms with van der Waals surface area (Å²) in [4.78, 5) is 8.47. The molecule has 0 bridgehead atoms. The third-order valence-corrected chi connectivity index (χ3v) is 2.14. The molecular formula is C10H13N5. The van der Waals surface area contributed by atoms with Crippen molar-refractivity contribution in [3.63, 3.8) is 0 Å². The second kappa shape index (κ2) is 3.76. The van der Waals surface area contributed by atoms with E-state index in [0.29, 0.717) is 6.04 Å². The first-order valence-electron chi connectivity index (χ1n) is 4.87. The molecular weight excluding hydrogens is 190 g/mol. The van der Waals surface area contributed by atoms with E-state index in [1.165, 1.54) is 0 Å². The highest BCUT2D eigenvalue weighted by atomic mass is 15.3. The lowest BCUT2D eigenvalue weighted by Crippen LogP contribution is -2.03. The van der Waals surface area contributed by atoms with Gasteiger partial charge in [0.15, 0.2) is 5.82 Å². The zero-order chi connectivity index (χ0) is 10.8. The molecule has 2 aromatic heterocycles. The molecule has 0 aromatic carbocycles. The van der Waals surface area contributed by atoms with E-state index in [1.54, 1.807) is 18.7 Å². The van der Waals surface area contributed by atoms with Crippen molar-refractivity contribution >= 4 is 0 Å². The molecule has 0 N–H and O–H groups in total. The molecule has 0 fully saturated rings. The van der Waals surface area contributed by atoms with Crippen LogP contribution >= 0.6 is 0 Å². The average Bonchev–Trinajstić information content (AvgIpc) is 2.67. The lowest BCUT2D eigenvalue weighted by atomic mass is 10.3. The van der Waals surface area contributed by atoms with Crippen molar-refractivity contribution in [1.82, 2.24) is 24.7 Å². The van der Waals surface area contributed by atoms with Gasteiger partial charge in [-0.05, 0) is 20.8 Å². The molecule has 5 nitrogen and oxygen atoms in total. The van der Waals surface area contributed by atoms with E-state index in [4.69, 9.17) is 0 Å². The molecule has 0 spiro atoms. The van der Waals surface area contributed by atoms with Crippen LogP contribution in [0.5, 0.6) is 0 Å². The second-order valence-corrected chi connectivity index (χ2v) is 3.70. The van der Waals surface area contributed by atoms with Crippen molar-refractivity contribution in [2.24, 2.45) is 0 Å². The quantitative estimate of drug-likeness (QED) is 0.744. The van der Waals surface area contributed by atoms with E-state index in [1.807, 2.05) is 11.5 Å². The summed E-state index contributed by atoms with van der Waals surface area (Å²) in [7, 11) is 0. The van der Waals surface area contributed by atoms with Crippen LogP contribution in [0.1, 0.15) is 25.6 Å². The summed E-state index contributed by atoms with van der Waals surface area (Å²) in [5.74, 6) is 0.762. The van der Waals surface area contributed by atoms with Crippen LogP contribution in [0.4, 0.5) is 0 Å². The molecule has 2 rings (SSSR count). The van der Waals surface area contributed by atoms with E-state index in [2.05, 4.69) is 34.0 Å². The van der Waals surface area contributed by atoms with Crippen molar-refractivity contribution in [2.45, 2.75) is 26.8 Å². The first-order valence-corrected chi connectivity index (χ1v) is 4.87. The predicted molar refractivity (Wildman–Crippen MR) is 56.2 cm³/mol. The Morgan fingerprint density at radius 1 is 1.20 bits per heavy atom. The number of aromatic nitrogens is 5. The molecule has 0 radical (unpaired) electrons. The molecule has 0 saturated heterocycles. The summed E-state index contributed by atoms with van der Waals surface area (Å²) >= 11 is 0. The van der Waals surface area contributed by atoms with Gasteiger partial charge in [0.2, 0.25) is 0 Å². The van der Waals surface area contributed by atoms with Crippen molar-refractivity contribution < 1.29 is 0 Å². The highest BCUT2D eigenvalue weighted by Crippen LogP contribution is 2.16. The van der Waals surface area contributed by atoms with Crippen LogP contribution in [-0.2, 0) is 0 Å². The van der Waals surface area contributed by atoms with Crippen molar-refractivity contribution in [3.8, 4) is 11.5 Å². The summed E-state index contributed by atoms with van der Waals surface area (Å²) in [6.45, 7) is 6.06. The summed E-state index contributed by atoms with van der Waals surface area (Å²) in [6.07, 6.45) is 5.16. The first kappa shape index (κ1) is 9.76. The van der Waals surface area contributed by atoms with Crippen LogP contribution in [0.15, 0.2) is 18.7 Å². The van der Waals surface area contributed by atoms with Crippen molar-refractivity contribution in [2.75, 3.05) is 0 Å². The van der Waals surface area contributed by atoms with Crippen LogP contribution in [0.25, 0.3) is 11.5 Å². The normalized spacial score (nSPS) is 10.9. The van der Waals surface area contributed by atoms with Crippen LogP contribution in [0.3, 0.4) is 0 Å². The van der Waals surface area contributed by atoms with E-state index >= 15 is 0 Å². The van der Waals surface area contributed by atoms with Gasteiger partial charge in [-0.25, -0.2) is 4.98 Å². The minimum Gasteiger partial charge on any atom is -0.310 e. The minimum atomic E-state index is 0.318. The van der Waals surface area contributed by atoms with Gasteiger partial charge in [0, 0.05) is 12.2 Å².